The van der Waals surface area contributed by atoms with Crippen LogP contribution in [0, 0.1) is 0 Å². The lowest BCUT2D eigenvalue weighted by Crippen LogP contribution is -2.43. The number of quaternary nitrogens is 1. The molecule has 5 heteroatoms. The number of anilines is 1. The van der Waals surface area contributed by atoms with Crippen molar-refractivity contribution in [3.05, 3.63) is 20.4 Å². The molecule has 0 atom stereocenters. The third-order valence-corrected chi connectivity index (χ3v) is 5.62. The smallest absolute Gasteiger partial charge is 0.271 e. The van der Waals surface area contributed by atoms with Crippen molar-refractivity contribution in [2.75, 3.05) is 45.7 Å². The summed E-state index contributed by atoms with van der Waals surface area (Å²) in [4.78, 5) is 24.3. The number of nitrogens with zero attached hydrogens (tertiary/aromatic N) is 2. The fraction of sp³-hybridized carbons (Fsp3) is 0.818. The highest BCUT2D eigenvalue weighted by Crippen LogP contribution is 2.19. The average molecular weight is 382 g/mol. The number of hydrogen-bond acceptors (Lipinski definition) is 4. The Morgan fingerprint density at radius 2 is 1.26 bits per heavy atom. The van der Waals surface area contributed by atoms with Gasteiger partial charge < -0.3 is 14.5 Å². The minimum atomic E-state index is -0.756. The van der Waals surface area contributed by atoms with E-state index in [0.29, 0.717) is 6.54 Å². The number of unbranched alkanes of at least 4 members (excludes halogenated alkanes) is 9. The molecule has 0 unspecified atom stereocenters. The Bertz CT molecular complexity index is 603. The van der Waals surface area contributed by atoms with Gasteiger partial charge in [-0.05, 0) is 12.8 Å². The van der Waals surface area contributed by atoms with Crippen LogP contribution in [0.3, 0.4) is 0 Å². The standard InChI is InChI=1S/C22H40N2O3/c1-5-6-7-8-9-10-11-12-13-14-17-24(3,4)18-15-16-23(2)19-20(25)22(27)21(19)26/h5-18H2,1-4H3/p+1. The molecular formula is C22H41N2O3+. The molecule has 0 heterocycles. The summed E-state index contributed by atoms with van der Waals surface area (Å²) in [7, 11) is 6.27. The summed E-state index contributed by atoms with van der Waals surface area (Å²) in [6, 6.07) is 0. The Hall–Kier alpha value is -1.36. The van der Waals surface area contributed by atoms with Crippen molar-refractivity contribution in [2.45, 2.75) is 77.6 Å². The summed E-state index contributed by atoms with van der Waals surface area (Å²) >= 11 is 0. The normalized spacial score (nSPS) is 12.0. The number of aromatic hydroxyl groups is 1. The van der Waals surface area contributed by atoms with Gasteiger partial charge in [0.1, 0.15) is 5.69 Å². The Balaban J connectivity index is 2.07. The fourth-order valence-corrected chi connectivity index (χ4v) is 3.71. The summed E-state index contributed by atoms with van der Waals surface area (Å²) in [6.07, 6.45) is 14.5. The topological polar surface area (TPSA) is 57.6 Å². The van der Waals surface area contributed by atoms with Gasteiger partial charge in [-0.25, -0.2) is 0 Å². The van der Waals surface area contributed by atoms with Crippen LogP contribution in [-0.2, 0) is 0 Å². The van der Waals surface area contributed by atoms with Crippen LogP contribution >= 0.6 is 0 Å². The summed E-state index contributed by atoms with van der Waals surface area (Å²) < 4.78 is 0.975. The zero-order chi connectivity index (χ0) is 20.3. The summed E-state index contributed by atoms with van der Waals surface area (Å²) in [6.45, 7) is 5.14. The zero-order valence-corrected chi connectivity index (χ0v) is 18.1. The minimum absolute atomic E-state index is 0.181. The van der Waals surface area contributed by atoms with Gasteiger partial charge in [0.15, 0.2) is 5.75 Å². The van der Waals surface area contributed by atoms with E-state index in [2.05, 4.69) is 21.0 Å². The number of hydrogen-bond donors (Lipinski definition) is 1. The maximum Gasteiger partial charge on any atom is 0.271 e. The van der Waals surface area contributed by atoms with Gasteiger partial charge in [0.05, 0.1) is 27.2 Å². The van der Waals surface area contributed by atoms with Crippen LogP contribution < -0.4 is 15.8 Å². The molecule has 0 saturated heterocycles. The fourth-order valence-electron chi connectivity index (χ4n) is 3.71. The van der Waals surface area contributed by atoms with Crippen LogP contribution in [0.5, 0.6) is 5.75 Å². The monoisotopic (exact) mass is 381 g/mol. The predicted octanol–water partition coefficient (Wildman–Crippen LogP) is 3.81. The molecule has 0 aliphatic rings. The van der Waals surface area contributed by atoms with Crippen LogP contribution in [0.15, 0.2) is 9.59 Å². The first-order valence-electron chi connectivity index (χ1n) is 10.9. The largest absolute Gasteiger partial charge is 0.502 e. The van der Waals surface area contributed by atoms with Gasteiger partial charge >= 0.3 is 0 Å². The van der Waals surface area contributed by atoms with Crippen LogP contribution in [0.4, 0.5) is 5.69 Å². The van der Waals surface area contributed by atoms with E-state index < -0.39 is 10.9 Å². The molecule has 156 valence electrons. The lowest BCUT2D eigenvalue weighted by atomic mass is 10.1. The van der Waals surface area contributed by atoms with E-state index in [0.717, 1.165) is 17.4 Å². The highest BCUT2D eigenvalue weighted by atomic mass is 16.3. The van der Waals surface area contributed by atoms with Crippen molar-refractivity contribution in [3.63, 3.8) is 0 Å². The second-order valence-corrected chi connectivity index (χ2v) is 8.70. The molecule has 1 N–H and O–H groups in total. The third kappa shape index (κ3) is 8.46. The number of rotatable bonds is 16. The van der Waals surface area contributed by atoms with Crippen molar-refractivity contribution in [3.8, 4) is 5.75 Å². The van der Waals surface area contributed by atoms with E-state index >= 15 is 0 Å². The molecule has 1 aromatic rings. The summed E-state index contributed by atoms with van der Waals surface area (Å²) in [5.74, 6) is -0.374. The molecule has 0 saturated carbocycles. The van der Waals surface area contributed by atoms with Gasteiger partial charge in [-0.3, -0.25) is 9.59 Å². The predicted molar refractivity (Wildman–Crippen MR) is 115 cm³/mol. The van der Waals surface area contributed by atoms with Crippen molar-refractivity contribution in [1.29, 1.82) is 0 Å². The molecule has 27 heavy (non-hydrogen) atoms. The Morgan fingerprint density at radius 1 is 0.778 bits per heavy atom. The van der Waals surface area contributed by atoms with Gasteiger partial charge in [0.2, 0.25) is 0 Å². The Morgan fingerprint density at radius 3 is 1.78 bits per heavy atom. The van der Waals surface area contributed by atoms with Crippen molar-refractivity contribution in [2.24, 2.45) is 0 Å². The molecule has 0 aliphatic heterocycles. The molecule has 0 bridgehead atoms. The van der Waals surface area contributed by atoms with Crippen LogP contribution in [0.2, 0.25) is 0 Å². The quantitative estimate of drug-likeness (QED) is 0.269. The van der Waals surface area contributed by atoms with Crippen molar-refractivity contribution < 1.29 is 9.59 Å². The minimum Gasteiger partial charge on any atom is -0.502 e. The van der Waals surface area contributed by atoms with Crippen LogP contribution in [0.25, 0.3) is 0 Å². The Labute approximate surface area is 165 Å². The molecule has 0 amide bonds. The lowest BCUT2D eigenvalue weighted by Gasteiger charge is -2.31. The molecule has 0 fully saturated rings. The molecule has 5 nitrogen and oxygen atoms in total. The highest BCUT2D eigenvalue weighted by molar-refractivity contribution is 5.62. The molecule has 0 aromatic heterocycles. The van der Waals surface area contributed by atoms with Crippen LogP contribution in [0.1, 0.15) is 77.6 Å². The van der Waals surface area contributed by atoms with Crippen molar-refractivity contribution >= 4 is 5.69 Å². The summed E-state index contributed by atoms with van der Waals surface area (Å²) in [5, 5.41) is 9.50. The molecule has 0 radical (unpaired) electrons. The first-order valence-corrected chi connectivity index (χ1v) is 10.9. The van der Waals surface area contributed by atoms with E-state index in [1.807, 2.05) is 0 Å². The zero-order valence-electron chi connectivity index (χ0n) is 18.1. The van der Waals surface area contributed by atoms with E-state index in [-0.39, 0.29) is 11.4 Å². The van der Waals surface area contributed by atoms with E-state index in [4.69, 9.17) is 0 Å². The average Bonchev–Trinajstić information content (AvgIpc) is 2.63. The van der Waals surface area contributed by atoms with Gasteiger partial charge in [0.25, 0.3) is 10.9 Å². The van der Waals surface area contributed by atoms with Gasteiger partial charge in [-0.2, -0.15) is 0 Å². The van der Waals surface area contributed by atoms with E-state index in [1.165, 1.54) is 70.8 Å². The van der Waals surface area contributed by atoms with Gasteiger partial charge in [0, 0.05) is 20.0 Å². The molecule has 0 spiro atoms. The third-order valence-electron chi connectivity index (χ3n) is 5.62. The Kier molecular flexibility index (Phi) is 10.7. The van der Waals surface area contributed by atoms with Gasteiger partial charge in [-0.15, -0.1) is 0 Å². The second kappa shape index (κ2) is 12.2. The SMILES string of the molecule is CCCCCCCCCCCC[N+](C)(C)CCCN(C)c1c(O)c(=O)c1=O. The highest BCUT2D eigenvalue weighted by Gasteiger charge is 2.23. The molecule has 0 aliphatic carbocycles. The molecule has 1 rings (SSSR count). The second-order valence-electron chi connectivity index (χ2n) is 8.70. The maximum absolute atomic E-state index is 11.5. The van der Waals surface area contributed by atoms with Gasteiger partial charge in [-0.1, -0.05) is 58.3 Å². The maximum atomic E-state index is 11.5. The molecule has 1 aromatic carbocycles. The summed E-state index contributed by atoms with van der Waals surface area (Å²) in [5.41, 5.74) is -1.14. The van der Waals surface area contributed by atoms with E-state index in [1.54, 1.807) is 11.9 Å². The molecular weight excluding hydrogens is 340 g/mol. The first-order chi connectivity index (χ1) is 12.8. The van der Waals surface area contributed by atoms with Crippen molar-refractivity contribution in [1.82, 2.24) is 0 Å². The lowest BCUT2D eigenvalue weighted by molar-refractivity contribution is -0.890. The van der Waals surface area contributed by atoms with Crippen LogP contribution in [-0.4, -0.2) is 50.4 Å². The first kappa shape index (κ1) is 23.7. The van der Waals surface area contributed by atoms with E-state index in [9.17, 15) is 14.7 Å².